The van der Waals surface area contributed by atoms with Crippen LogP contribution >= 0.6 is 0 Å². The van der Waals surface area contributed by atoms with Crippen LogP contribution in [0.2, 0.25) is 0 Å². The topological polar surface area (TPSA) is 90.4 Å². The Morgan fingerprint density at radius 1 is 1.19 bits per heavy atom. The van der Waals surface area contributed by atoms with E-state index in [1.54, 1.807) is 32.4 Å². The van der Waals surface area contributed by atoms with Crippen molar-refractivity contribution < 1.29 is 14.3 Å². The quantitative estimate of drug-likeness (QED) is 0.567. The maximum absolute atomic E-state index is 12.8. The monoisotopic (exact) mass is 424 g/mol. The van der Waals surface area contributed by atoms with Gasteiger partial charge in [0.25, 0.3) is 5.91 Å². The predicted molar refractivity (Wildman–Crippen MR) is 123 cm³/mol. The molecule has 166 valence electrons. The van der Waals surface area contributed by atoms with Crippen LogP contribution in [0.3, 0.4) is 0 Å². The van der Waals surface area contributed by atoms with Gasteiger partial charge in [-0.15, -0.1) is 0 Å². The first-order valence-electron chi connectivity index (χ1n) is 10.4. The Kier molecular flexibility index (Phi) is 8.71. The maximum Gasteiger partial charge on any atom is 0.253 e. The summed E-state index contributed by atoms with van der Waals surface area (Å²) in [5.74, 6) is 1.04. The average molecular weight is 425 g/mol. The number of benzene rings is 1. The van der Waals surface area contributed by atoms with E-state index in [-0.39, 0.29) is 5.91 Å². The molecule has 0 fully saturated rings. The number of hydrogen-bond acceptors (Lipinski definition) is 5. The largest absolute Gasteiger partial charge is 0.493 e. The number of aromatic nitrogens is 1. The zero-order valence-corrected chi connectivity index (χ0v) is 19.3. The fourth-order valence-corrected chi connectivity index (χ4v) is 3.54. The molecule has 1 aromatic carbocycles. The lowest BCUT2D eigenvalue weighted by molar-refractivity contribution is 0.0948. The van der Waals surface area contributed by atoms with Crippen LogP contribution in [-0.4, -0.2) is 56.2 Å². The molecule has 2 rings (SSSR count). The molecule has 0 radical (unpaired) electrons. The van der Waals surface area contributed by atoms with Crippen molar-refractivity contribution >= 4 is 17.6 Å². The van der Waals surface area contributed by atoms with Gasteiger partial charge in [0.05, 0.1) is 31.4 Å². The fourth-order valence-electron chi connectivity index (χ4n) is 3.54. The average Bonchev–Trinajstić information content (AvgIpc) is 3.07. The summed E-state index contributed by atoms with van der Waals surface area (Å²) < 4.78 is 10.6. The third-order valence-electron chi connectivity index (χ3n) is 5.41. The van der Waals surface area contributed by atoms with E-state index in [0.29, 0.717) is 34.7 Å². The molecule has 2 N–H and O–H groups in total. The molecule has 0 saturated carbocycles. The van der Waals surface area contributed by atoms with Crippen molar-refractivity contribution in [2.24, 2.45) is 0 Å². The van der Waals surface area contributed by atoms with Crippen molar-refractivity contribution in [1.29, 1.82) is 5.26 Å². The van der Waals surface area contributed by atoms with E-state index in [1.165, 1.54) is 0 Å². The second-order valence-electron chi connectivity index (χ2n) is 7.19. The zero-order valence-electron chi connectivity index (χ0n) is 19.3. The number of allylic oxidation sites excluding steroid dienone is 1. The summed E-state index contributed by atoms with van der Waals surface area (Å²) in [4.78, 5) is 18.3. The predicted octanol–water partition coefficient (Wildman–Crippen LogP) is 3.78. The Bertz CT molecular complexity index is 981. The molecule has 0 aliphatic carbocycles. The molecule has 1 heterocycles. The van der Waals surface area contributed by atoms with Crippen LogP contribution in [0, 0.1) is 25.2 Å². The number of aryl methyl sites for hydroxylation is 1. The van der Waals surface area contributed by atoms with Gasteiger partial charge in [-0.05, 0) is 62.3 Å². The molecule has 1 aromatic heterocycles. The normalized spacial score (nSPS) is 11.4. The van der Waals surface area contributed by atoms with Gasteiger partial charge in [-0.2, -0.15) is 5.26 Å². The first kappa shape index (κ1) is 24.0. The fraction of sp³-hybridized carbons (Fsp3) is 0.417. The highest BCUT2D eigenvalue weighted by atomic mass is 16.5. The van der Waals surface area contributed by atoms with Crippen molar-refractivity contribution in [3.05, 3.63) is 46.3 Å². The molecule has 0 aliphatic heterocycles. The third-order valence-corrected chi connectivity index (χ3v) is 5.41. The van der Waals surface area contributed by atoms with Crippen molar-refractivity contribution in [2.75, 3.05) is 40.4 Å². The van der Waals surface area contributed by atoms with Crippen LogP contribution < -0.4 is 14.8 Å². The highest BCUT2D eigenvalue weighted by molar-refractivity contribution is 5.99. The smallest absolute Gasteiger partial charge is 0.253 e. The zero-order chi connectivity index (χ0) is 23.0. The van der Waals surface area contributed by atoms with Gasteiger partial charge in [0, 0.05) is 24.5 Å². The molecule has 0 atom stereocenters. The number of rotatable bonds is 10. The minimum atomic E-state index is -0.109. The number of ether oxygens (including phenoxy) is 2. The number of hydrogen-bond donors (Lipinski definition) is 2. The lowest BCUT2D eigenvalue weighted by Gasteiger charge is -2.18. The molecule has 7 nitrogen and oxygen atoms in total. The van der Waals surface area contributed by atoms with Crippen LogP contribution in [-0.2, 0) is 0 Å². The summed E-state index contributed by atoms with van der Waals surface area (Å²) in [5.41, 5.74) is 4.10. The van der Waals surface area contributed by atoms with Crippen LogP contribution in [0.15, 0.2) is 18.2 Å². The van der Waals surface area contributed by atoms with Crippen LogP contribution in [0.1, 0.15) is 46.7 Å². The molecule has 2 aromatic rings. The number of likely N-dealkylation sites (N-methyl/N-ethyl adjacent to an activating group) is 1. The Morgan fingerprint density at radius 2 is 1.87 bits per heavy atom. The first-order chi connectivity index (χ1) is 14.9. The summed E-state index contributed by atoms with van der Waals surface area (Å²) in [7, 11) is 3.12. The van der Waals surface area contributed by atoms with Gasteiger partial charge >= 0.3 is 0 Å². The van der Waals surface area contributed by atoms with Gasteiger partial charge < -0.3 is 24.7 Å². The molecular weight excluding hydrogens is 392 g/mol. The van der Waals surface area contributed by atoms with E-state index in [2.05, 4.69) is 35.1 Å². The molecular formula is C24H32N4O3. The van der Waals surface area contributed by atoms with Crippen molar-refractivity contribution in [2.45, 2.75) is 27.7 Å². The Labute approximate surface area is 184 Å². The van der Waals surface area contributed by atoms with Crippen LogP contribution in [0.5, 0.6) is 11.5 Å². The summed E-state index contributed by atoms with van der Waals surface area (Å²) in [5, 5.41) is 12.7. The van der Waals surface area contributed by atoms with Crippen molar-refractivity contribution in [1.82, 2.24) is 15.2 Å². The Balaban J connectivity index is 2.28. The lowest BCUT2D eigenvalue weighted by atomic mass is 10.0. The molecule has 0 unspecified atom stereocenters. The van der Waals surface area contributed by atoms with E-state index in [0.717, 1.165) is 36.6 Å². The number of nitriles is 1. The Morgan fingerprint density at radius 3 is 2.45 bits per heavy atom. The van der Waals surface area contributed by atoms with Gasteiger partial charge in [-0.1, -0.05) is 13.8 Å². The van der Waals surface area contributed by atoms with E-state index in [9.17, 15) is 10.1 Å². The van der Waals surface area contributed by atoms with Gasteiger partial charge in [-0.3, -0.25) is 4.79 Å². The SMILES string of the molecule is CCN(CC)CCNC(=O)c1c(C)[nH]c(/C=C(\C#N)c2ccc(OC)c(OC)c2)c1C. The minimum absolute atomic E-state index is 0.109. The molecule has 0 bridgehead atoms. The maximum atomic E-state index is 12.8. The van der Waals surface area contributed by atoms with E-state index < -0.39 is 0 Å². The molecule has 31 heavy (non-hydrogen) atoms. The van der Waals surface area contributed by atoms with Crippen molar-refractivity contribution in [3.63, 3.8) is 0 Å². The first-order valence-corrected chi connectivity index (χ1v) is 10.4. The number of aromatic amines is 1. The van der Waals surface area contributed by atoms with Gasteiger partial charge in [0.1, 0.15) is 0 Å². The second kappa shape index (κ2) is 11.2. The summed E-state index contributed by atoms with van der Waals surface area (Å²) in [6.45, 7) is 11.3. The molecule has 0 aliphatic rings. The number of methoxy groups -OCH3 is 2. The van der Waals surface area contributed by atoms with E-state index in [1.807, 2.05) is 19.9 Å². The second-order valence-corrected chi connectivity index (χ2v) is 7.19. The highest BCUT2D eigenvalue weighted by Crippen LogP contribution is 2.31. The van der Waals surface area contributed by atoms with Gasteiger partial charge in [-0.25, -0.2) is 0 Å². The van der Waals surface area contributed by atoms with E-state index in [4.69, 9.17) is 9.47 Å². The minimum Gasteiger partial charge on any atom is -0.493 e. The standard InChI is InChI=1S/C24H32N4O3/c1-7-28(8-2)12-11-26-24(29)23-16(3)20(27-17(23)4)13-19(15-25)18-9-10-21(30-5)22(14-18)31-6/h9-10,13-14,27H,7-8,11-12H2,1-6H3,(H,26,29)/b19-13+. The van der Waals surface area contributed by atoms with E-state index >= 15 is 0 Å². The molecule has 0 spiro atoms. The van der Waals surface area contributed by atoms with Crippen LogP contribution in [0.25, 0.3) is 11.6 Å². The lowest BCUT2D eigenvalue weighted by Crippen LogP contribution is -2.35. The summed E-state index contributed by atoms with van der Waals surface area (Å²) in [6.07, 6.45) is 1.76. The number of amides is 1. The molecule has 7 heteroatoms. The molecule has 0 saturated heterocycles. The number of carbonyl (C=O) groups excluding carboxylic acids is 1. The highest BCUT2D eigenvalue weighted by Gasteiger charge is 2.18. The van der Waals surface area contributed by atoms with Crippen molar-refractivity contribution in [3.8, 4) is 17.6 Å². The number of carbonyl (C=O) groups is 1. The van der Waals surface area contributed by atoms with Gasteiger partial charge in [0.15, 0.2) is 11.5 Å². The number of nitrogens with zero attached hydrogens (tertiary/aromatic N) is 2. The Hall–Kier alpha value is -3.24. The van der Waals surface area contributed by atoms with Gasteiger partial charge in [0.2, 0.25) is 0 Å². The third kappa shape index (κ3) is 5.68. The number of nitrogens with one attached hydrogen (secondary N) is 2. The van der Waals surface area contributed by atoms with Crippen LogP contribution in [0.4, 0.5) is 0 Å². The summed E-state index contributed by atoms with van der Waals surface area (Å²) in [6, 6.07) is 7.58. The molecule has 1 amide bonds. The number of H-pyrrole nitrogens is 1. The summed E-state index contributed by atoms with van der Waals surface area (Å²) >= 11 is 0.